The molecule has 1 aliphatic heterocycles. The number of carbonyl (C=O) groups excluding carboxylic acids is 2. The van der Waals surface area contributed by atoms with Gasteiger partial charge in [-0.15, -0.1) is 0 Å². The van der Waals surface area contributed by atoms with Gasteiger partial charge in [0, 0.05) is 10.5 Å². The van der Waals surface area contributed by atoms with Crippen LogP contribution < -0.4 is 0 Å². The minimum atomic E-state index is -0.290. The van der Waals surface area contributed by atoms with Gasteiger partial charge in [0.25, 0.3) is 4.45 Å². The monoisotopic (exact) mass is 342 g/mol. The van der Waals surface area contributed by atoms with Crippen LogP contribution in [0.4, 0.5) is 4.79 Å². The van der Waals surface area contributed by atoms with E-state index in [1.165, 1.54) is 23.5 Å². The lowest BCUT2D eigenvalue weighted by molar-refractivity contribution is -0.133. The summed E-state index contributed by atoms with van der Waals surface area (Å²) in [4.78, 5) is 24.4. The van der Waals surface area contributed by atoms with E-state index in [-0.39, 0.29) is 17.0 Å². The molecule has 116 valence electrons. The van der Waals surface area contributed by atoms with Gasteiger partial charge in [0.05, 0.1) is 5.57 Å². The zero-order valence-corrected chi connectivity index (χ0v) is 14.1. The Kier molecular flexibility index (Phi) is 4.88. The highest BCUT2D eigenvalue weighted by Gasteiger charge is 2.26. The lowest BCUT2D eigenvalue weighted by Crippen LogP contribution is -1.98. The molecule has 0 unspecified atom stereocenters. The average molecular weight is 342 g/mol. The van der Waals surface area contributed by atoms with Crippen LogP contribution in [0.25, 0.3) is 11.1 Å². The number of thioether (sulfide) groups is 2. The summed E-state index contributed by atoms with van der Waals surface area (Å²) in [6, 6.07) is 17.2. The number of hydrogen-bond donors (Lipinski definition) is 0. The van der Waals surface area contributed by atoms with Crippen LogP contribution in [0.3, 0.4) is 0 Å². The van der Waals surface area contributed by atoms with Crippen LogP contribution in [-0.2, 0) is 9.53 Å². The molecule has 3 rings (SSSR count). The van der Waals surface area contributed by atoms with E-state index in [1.54, 1.807) is 6.26 Å². The molecular weight excluding hydrogens is 328 g/mol. The van der Waals surface area contributed by atoms with Crippen molar-refractivity contribution in [1.82, 2.24) is 0 Å². The van der Waals surface area contributed by atoms with Crippen LogP contribution in [0.15, 0.2) is 59.5 Å². The van der Waals surface area contributed by atoms with Crippen molar-refractivity contribution in [3.05, 3.63) is 65.7 Å². The Bertz CT molecular complexity index is 765. The molecule has 0 bridgehead atoms. The SMILES string of the molecule is CSC(=O)Sc1ccc(C2=C(c3ccccc3)C(=O)OC2)cc1. The maximum Gasteiger partial charge on any atom is 0.339 e. The normalized spacial score (nSPS) is 14.0. The van der Waals surface area contributed by atoms with Gasteiger partial charge in [0.2, 0.25) is 0 Å². The largest absolute Gasteiger partial charge is 0.457 e. The predicted octanol–water partition coefficient (Wildman–Crippen LogP) is 4.73. The van der Waals surface area contributed by atoms with E-state index in [0.717, 1.165) is 21.6 Å². The van der Waals surface area contributed by atoms with Crippen LogP contribution in [0.1, 0.15) is 11.1 Å². The van der Waals surface area contributed by atoms with Gasteiger partial charge in [-0.3, -0.25) is 4.79 Å². The first kappa shape index (κ1) is 15.9. The van der Waals surface area contributed by atoms with Gasteiger partial charge in [0.1, 0.15) is 6.61 Å². The Morgan fingerprint density at radius 3 is 2.35 bits per heavy atom. The molecule has 0 spiro atoms. The average Bonchev–Trinajstić information content (AvgIpc) is 2.98. The number of hydrogen-bond acceptors (Lipinski definition) is 5. The molecule has 0 amide bonds. The Morgan fingerprint density at radius 1 is 1.00 bits per heavy atom. The van der Waals surface area contributed by atoms with Gasteiger partial charge >= 0.3 is 5.97 Å². The van der Waals surface area contributed by atoms with Crippen molar-refractivity contribution in [3.63, 3.8) is 0 Å². The van der Waals surface area contributed by atoms with E-state index in [0.29, 0.717) is 5.57 Å². The summed E-state index contributed by atoms with van der Waals surface area (Å²) in [5.74, 6) is -0.290. The lowest BCUT2D eigenvalue weighted by atomic mass is 9.97. The molecule has 2 aromatic carbocycles. The molecule has 0 radical (unpaired) electrons. The summed E-state index contributed by atoms with van der Waals surface area (Å²) in [5, 5.41) is 0. The number of ether oxygens (including phenoxy) is 1. The third kappa shape index (κ3) is 3.51. The van der Waals surface area contributed by atoms with Gasteiger partial charge < -0.3 is 4.74 Å². The Morgan fingerprint density at radius 2 is 1.70 bits per heavy atom. The molecule has 2 aromatic rings. The quantitative estimate of drug-likeness (QED) is 0.596. The summed E-state index contributed by atoms with van der Waals surface area (Å²) in [7, 11) is 0. The molecule has 0 aromatic heterocycles. The van der Waals surface area contributed by atoms with Gasteiger partial charge in [-0.05, 0) is 41.3 Å². The third-order valence-electron chi connectivity index (χ3n) is 3.49. The smallest absolute Gasteiger partial charge is 0.339 e. The van der Waals surface area contributed by atoms with Crippen LogP contribution in [-0.4, -0.2) is 23.3 Å². The molecule has 0 atom stereocenters. The zero-order chi connectivity index (χ0) is 16.2. The van der Waals surface area contributed by atoms with Gasteiger partial charge in [0.15, 0.2) is 0 Å². The van der Waals surface area contributed by atoms with Gasteiger partial charge in [-0.2, -0.15) is 0 Å². The maximum absolute atomic E-state index is 12.1. The zero-order valence-electron chi connectivity index (χ0n) is 12.4. The van der Waals surface area contributed by atoms with E-state index in [2.05, 4.69) is 0 Å². The highest BCUT2D eigenvalue weighted by molar-refractivity contribution is 8.38. The van der Waals surface area contributed by atoms with Crippen molar-refractivity contribution in [1.29, 1.82) is 0 Å². The molecule has 1 heterocycles. The van der Waals surface area contributed by atoms with Gasteiger partial charge in [-0.1, -0.05) is 54.2 Å². The highest BCUT2D eigenvalue weighted by Crippen LogP contribution is 2.34. The minimum absolute atomic E-state index is 0.0568. The predicted molar refractivity (Wildman–Crippen MR) is 95.4 cm³/mol. The first-order valence-corrected chi connectivity index (χ1v) is 9.05. The van der Waals surface area contributed by atoms with Crippen LogP contribution in [0, 0.1) is 0 Å². The fraction of sp³-hybridized carbons (Fsp3) is 0.111. The topological polar surface area (TPSA) is 43.4 Å². The molecule has 0 saturated carbocycles. The molecule has 0 saturated heterocycles. The summed E-state index contributed by atoms with van der Waals surface area (Å²) in [5.41, 5.74) is 3.30. The van der Waals surface area contributed by atoms with E-state index in [4.69, 9.17) is 4.74 Å². The molecule has 1 aliphatic rings. The van der Waals surface area contributed by atoms with Crippen LogP contribution in [0.5, 0.6) is 0 Å². The molecule has 0 fully saturated rings. The molecule has 5 heteroatoms. The number of rotatable bonds is 3. The van der Waals surface area contributed by atoms with E-state index < -0.39 is 0 Å². The molecule has 23 heavy (non-hydrogen) atoms. The highest BCUT2D eigenvalue weighted by atomic mass is 32.2. The summed E-state index contributed by atoms with van der Waals surface area (Å²) >= 11 is 2.40. The Labute approximate surface area is 143 Å². The van der Waals surface area contributed by atoms with E-state index in [1.807, 2.05) is 54.6 Å². The number of cyclic esters (lactones) is 1. The van der Waals surface area contributed by atoms with Crippen molar-refractivity contribution in [2.45, 2.75) is 4.90 Å². The second-order valence-electron chi connectivity index (χ2n) is 4.88. The fourth-order valence-corrected chi connectivity index (χ4v) is 3.48. The maximum atomic E-state index is 12.1. The van der Waals surface area contributed by atoms with Crippen molar-refractivity contribution in [2.24, 2.45) is 0 Å². The fourth-order valence-electron chi connectivity index (χ4n) is 2.39. The van der Waals surface area contributed by atoms with Crippen LogP contribution >= 0.6 is 23.5 Å². The second kappa shape index (κ2) is 7.06. The van der Waals surface area contributed by atoms with Crippen LogP contribution in [0.2, 0.25) is 0 Å². The lowest BCUT2D eigenvalue weighted by Gasteiger charge is -2.05. The number of esters is 1. The molecule has 3 nitrogen and oxygen atoms in total. The molecule has 0 N–H and O–H groups in total. The Balaban J connectivity index is 1.94. The first-order chi connectivity index (χ1) is 11.2. The van der Waals surface area contributed by atoms with Crippen molar-refractivity contribution < 1.29 is 14.3 Å². The standard InChI is InChI=1S/C18H14O3S2/c1-22-18(20)23-14-9-7-12(8-10-14)15-11-21-17(19)16(15)13-5-3-2-4-6-13/h2-10H,11H2,1H3. The second-order valence-corrected chi connectivity index (χ2v) is 6.96. The molecular formula is C18H14O3S2. The Hall–Kier alpha value is -1.98. The summed E-state index contributed by atoms with van der Waals surface area (Å²) in [6.45, 7) is 0.277. The molecule has 0 aliphatic carbocycles. The van der Waals surface area contributed by atoms with Crippen molar-refractivity contribution >= 4 is 45.1 Å². The van der Waals surface area contributed by atoms with E-state index >= 15 is 0 Å². The van der Waals surface area contributed by atoms with Crippen molar-refractivity contribution in [2.75, 3.05) is 12.9 Å². The third-order valence-corrected chi connectivity index (χ3v) is 5.24. The first-order valence-electron chi connectivity index (χ1n) is 7.01. The number of carbonyl (C=O) groups is 2. The minimum Gasteiger partial charge on any atom is -0.457 e. The summed E-state index contributed by atoms with van der Waals surface area (Å²) < 4.78 is 5.28. The van der Waals surface area contributed by atoms with Crippen molar-refractivity contribution in [3.8, 4) is 0 Å². The van der Waals surface area contributed by atoms with E-state index in [9.17, 15) is 9.59 Å². The van der Waals surface area contributed by atoms with Gasteiger partial charge in [-0.25, -0.2) is 4.79 Å². The number of benzene rings is 2. The summed E-state index contributed by atoms with van der Waals surface area (Å²) in [6.07, 6.45) is 1.77.